The SMILES string of the molecule is CC(NS(=O)(=O)c1ccc(Oc2cccc(Cl)c2C#N)cc1)C(C)(C)C. The third-order valence-corrected chi connectivity index (χ3v) is 5.95. The molecule has 2 aromatic carbocycles. The van der Waals surface area contributed by atoms with Gasteiger partial charge in [0.25, 0.3) is 0 Å². The van der Waals surface area contributed by atoms with E-state index >= 15 is 0 Å². The zero-order valence-corrected chi connectivity index (χ0v) is 16.6. The molecule has 0 saturated carbocycles. The van der Waals surface area contributed by atoms with Crippen molar-refractivity contribution in [3.63, 3.8) is 0 Å². The fourth-order valence-electron chi connectivity index (χ4n) is 1.99. The predicted molar refractivity (Wildman–Crippen MR) is 102 cm³/mol. The maximum absolute atomic E-state index is 12.5. The van der Waals surface area contributed by atoms with E-state index in [2.05, 4.69) is 4.72 Å². The fraction of sp³-hybridized carbons (Fsp3) is 0.316. The largest absolute Gasteiger partial charge is 0.456 e. The molecule has 0 saturated heterocycles. The third-order valence-electron chi connectivity index (χ3n) is 4.08. The van der Waals surface area contributed by atoms with E-state index in [0.717, 1.165) is 0 Å². The predicted octanol–water partition coefficient (Wildman–Crippen LogP) is 4.72. The van der Waals surface area contributed by atoms with Crippen molar-refractivity contribution in [3.8, 4) is 17.6 Å². The zero-order chi connectivity index (χ0) is 19.5. The number of sulfonamides is 1. The molecule has 0 heterocycles. The molecule has 0 aromatic heterocycles. The lowest BCUT2D eigenvalue weighted by Crippen LogP contribution is -2.41. The van der Waals surface area contributed by atoms with Crippen LogP contribution in [0.4, 0.5) is 0 Å². The van der Waals surface area contributed by atoms with Crippen LogP contribution in [0.15, 0.2) is 47.4 Å². The van der Waals surface area contributed by atoms with Gasteiger partial charge in [-0.2, -0.15) is 5.26 Å². The van der Waals surface area contributed by atoms with Gasteiger partial charge in [0.2, 0.25) is 10.0 Å². The highest BCUT2D eigenvalue weighted by atomic mass is 35.5. The molecule has 0 aliphatic heterocycles. The molecular formula is C19H21ClN2O3S. The van der Waals surface area contributed by atoms with Crippen molar-refractivity contribution in [2.45, 2.75) is 38.6 Å². The van der Waals surface area contributed by atoms with Crippen LogP contribution in [0.3, 0.4) is 0 Å². The van der Waals surface area contributed by atoms with Gasteiger partial charge in [-0.25, -0.2) is 13.1 Å². The summed E-state index contributed by atoms with van der Waals surface area (Å²) in [6.07, 6.45) is 0. The minimum atomic E-state index is -3.63. The molecule has 26 heavy (non-hydrogen) atoms. The Balaban J connectivity index is 2.21. The molecule has 0 aliphatic carbocycles. The number of rotatable bonds is 5. The zero-order valence-electron chi connectivity index (χ0n) is 15.1. The summed E-state index contributed by atoms with van der Waals surface area (Å²) in [5.74, 6) is 0.724. The van der Waals surface area contributed by atoms with Crippen LogP contribution in [0.2, 0.25) is 5.02 Å². The van der Waals surface area contributed by atoms with E-state index in [1.54, 1.807) is 30.3 Å². The molecule has 1 atom stereocenters. The second-order valence-corrected chi connectivity index (χ2v) is 9.13. The molecular weight excluding hydrogens is 372 g/mol. The van der Waals surface area contributed by atoms with Gasteiger partial charge in [0.15, 0.2) is 0 Å². The van der Waals surface area contributed by atoms with Crippen LogP contribution in [0.25, 0.3) is 0 Å². The topological polar surface area (TPSA) is 79.2 Å². The Hall–Kier alpha value is -2.07. The third kappa shape index (κ3) is 4.76. The maximum Gasteiger partial charge on any atom is 0.240 e. The van der Waals surface area contributed by atoms with Crippen LogP contribution in [0.5, 0.6) is 11.5 Å². The number of nitrogens with one attached hydrogen (secondary N) is 1. The van der Waals surface area contributed by atoms with Crippen molar-refractivity contribution >= 4 is 21.6 Å². The van der Waals surface area contributed by atoms with Crippen LogP contribution in [-0.2, 0) is 10.0 Å². The summed E-state index contributed by atoms with van der Waals surface area (Å²) in [5.41, 5.74) is 0.0303. The Kier molecular flexibility index (Phi) is 5.97. The second kappa shape index (κ2) is 7.67. The van der Waals surface area contributed by atoms with Gasteiger partial charge >= 0.3 is 0 Å². The standard InChI is InChI=1S/C19H21ClN2O3S/c1-13(19(2,3)4)22-26(23,24)15-10-8-14(9-11-15)25-18-7-5-6-17(20)16(18)12-21/h5-11,13,22H,1-4H3. The molecule has 0 aliphatic rings. The molecule has 0 amide bonds. The van der Waals surface area contributed by atoms with Crippen molar-refractivity contribution in [1.82, 2.24) is 4.72 Å². The second-order valence-electron chi connectivity index (χ2n) is 7.01. The van der Waals surface area contributed by atoms with Crippen LogP contribution < -0.4 is 9.46 Å². The molecule has 7 heteroatoms. The van der Waals surface area contributed by atoms with Gasteiger partial charge < -0.3 is 4.74 Å². The number of benzene rings is 2. The average molecular weight is 393 g/mol. The molecule has 1 unspecified atom stereocenters. The summed E-state index contributed by atoms with van der Waals surface area (Å²) >= 11 is 5.98. The molecule has 5 nitrogen and oxygen atoms in total. The van der Waals surface area contributed by atoms with Gasteiger partial charge in [0.05, 0.1) is 9.92 Å². The Morgan fingerprint density at radius 3 is 2.31 bits per heavy atom. The summed E-state index contributed by atoms with van der Waals surface area (Å²) in [6, 6.07) is 12.7. The summed E-state index contributed by atoms with van der Waals surface area (Å²) in [6.45, 7) is 7.73. The smallest absolute Gasteiger partial charge is 0.240 e. The van der Waals surface area contributed by atoms with Gasteiger partial charge in [-0.15, -0.1) is 0 Å². The average Bonchev–Trinajstić information content (AvgIpc) is 2.54. The Bertz CT molecular complexity index is 927. The highest BCUT2D eigenvalue weighted by Gasteiger charge is 2.26. The highest BCUT2D eigenvalue weighted by Crippen LogP contribution is 2.30. The first-order chi connectivity index (χ1) is 12.0. The number of hydrogen-bond donors (Lipinski definition) is 1. The van der Waals surface area contributed by atoms with E-state index in [0.29, 0.717) is 16.5 Å². The summed E-state index contributed by atoms with van der Waals surface area (Å²) in [4.78, 5) is 0.146. The Morgan fingerprint density at radius 2 is 1.77 bits per heavy atom. The monoisotopic (exact) mass is 392 g/mol. The van der Waals surface area contributed by atoms with Crippen LogP contribution in [-0.4, -0.2) is 14.5 Å². The first-order valence-electron chi connectivity index (χ1n) is 8.03. The number of nitriles is 1. The number of nitrogens with zero attached hydrogens (tertiary/aromatic N) is 1. The fourth-order valence-corrected chi connectivity index (χ4v) is 3.65. The molecule has 2 rings (SSSR count). The first-order valence-corrected chi connectivity index (χ1v) is 9.89. The lowest BCUT2D eigenvalue weighted by Gasteiger charge is -2.27. The number of ether oxygens (including phenoxy) is 1. The molecule has 0 spiro atoms. The van der Waals surface area contributed by atoms with E-state index < -0.39 is 10.0 Å². The van der Waals surface area contributed by atoms with Crippen molar-refractivity contribution in [2.24, 2.45) is 5.41 Å². The number of halogens is 1. The van der Waals surface area contributed by atoms with E-state index in [1.807, 2.05) is 33.8 Å². The molecule has 1 N–H and O–H groups in total. The maximum atomic E-state index is 12.5. The van der Waals surface area contributed by atoms with E-state index in [-0.39, 0.29) is 21.9 Å². The minimum Gasteiger partial charge on any atom is -0.456 e. The van der Waals surface area contributed by atoms with Crippen molar-refractivity contribution < 1.29 is 13.2 Å². The highest BCUT2D eigenvalue weighted by molar-refractivity contribution is 7.89. The summed E-state index contributed by atoms with van der Waals surface area (Å²) in [7, 11) is -3.63. The van der Waals surface area contributed by atoms with Crippen LogP contribution >= 0.6 is 11.6 Å². The van der Waals surface area contributed by atoms with Crippen molar-refractivity contribution in [1.29, 1.82) is 5.26 Å². The van der Waals surface area contributed by atoms with Crippen LogP contribution in [0.1, 0.15) is 33.3 Å². The molecule has 138 valence electrons. The Labute approximate surface area is 159 Å². The summed E-state index contributed by atoms with van der Waals surface area (Å²) in [5, 5.41) is 9.47. The molecule has 2 aromatic rings. The normalized spacial score (nSPS) is 13.1. The number of hydrogen-bond acceptors (Lipinski definition) is 4. The minimum absolute atomic E-state index is 0.146. The lowest BCUT2D eigenvalue weighted by molar-refractivity contribution is 0.317. The quantitative estimate of drug-likeness (QED) is 0.798. The van der Waals surface area contributed by atoms with E-state index in [9.17, 15) is 13.7 Å². The van der Waals surface area contributed by atoms with Crippen LogP contribution in [0, 0.1) is 16.7 Å². The first kappa shape index (κ1) is 20.2. The van der Waals surface area contributed by atoms with Crippen molar-refractivity contribution in [2.75, 3.05) is 0 Å². The van der Waals surface area contributed by atoms with Gasteiger partial charge in [-0.05, 0) is 48.7 Å². The van der Waals surface area contributed by atoms with Gasteiger partial charge in [0, 0.05) is 6.04 Å². The van der Waals surface area contributed by atoms with Gasteiger partial charge in [-0.1, -0.05) is 38.4 Å². The molecule has 0 bridgehead atoms. The van der Waals surface area contributed by atoms with Gasteiger partial charge in [0.1, 0.15) is 23.1 Å². The molecule has 0 fully saturated rings. The van der Waals surface area contributed by atoms with Crippen molar-refractivity contribution in [3.05, 3.63) is 53.1 Å². The molecule has 0 radical (unpaired) electrons. The van der Waals surface area contributed by atoms with E-state index in [1.165, 1.54) is 12.1 Å². The Morgan fingerprint density at radius 1 is 1.15 bits per heavy atom. The lowest BCUT2D eigenvalue weighted by atomic mass is 9.89. The summed E-state index contributed by atoms with van der Waals surface area (Å²) < 4.78 is 33.3. The van der Waals surface area contributed by atoms with E-state index in [4.69, 9.17) is 16.3 Å². The van der Waals surface area contributed by atoms with Gasteiger partial charge in [-0.3, -0.25) is 0 Å².